The van der Waals surface area contributed by atoms with Gasteiger partial charge in [0.1, 0.15) is 34.5 Å². The molecule has 0 radical (unpaired) electrons. The van der Waals surface area contributed by atoms with Crippen molar-refractivity contribution in [3.05, 3.63) is 46.6 Å². The number of furan rings is 1. The molecule has 0 unspecified atom stereocenters. The number of hydrogen-bond donors (Lipinski definition) is 2. The summed E-state index contributed by atoms with van der Waals surface area (Å²) in [6, 6.07) is 4.99. The molecule has 108 valence electrons. The number of halogens is 2. The number of nitrogens with one attached hydrogen (secondary N) is 1. The smallest absolute Gasteiger partial charge is 0.265 e. The van der Waals surface area contributed by atoms with Crippen LogP contribution in [0.4, 0.5) is 10.1 Å². The van der Waals surface area contributed by atoms with Crippen molar-refractivity contribution in [3.63, 3.8) is 0 Å². The molecule has 0 aliphatic carbocycles. The van der Waals surface area contributed by atoms with Crippen molar-refractivity contribution in [2.75, 3.05) is 4.72 Å². The normalized spacial score (nSPS) is 11.6. The Balaban J connectivity index is 2.43. The van der Waals surface area contributed by atoms with E-state index in [0.29, 0.717) is 0 Å². The van der Waals surface area contributed by atoms with E-state index in [1.165, 1.54) is 25.1 Å². The molecule has 0 aliphatic heterocycles. The van der Waals surface area contributed by atoms with Crippen molar-refractivity contribution in [1.29, 1.82) is 0 Å². The molecule has 5 nitrogen and oxygen atoms in total. The molecule has 0 amide bonds. The van der Waals surface area contributed by atoms with Crippen LogP contribution in [-0.2, 0) is 16.6 Å². The zero-order valence-corrected chi connectivity index (χ0v) is 11.9. The second kappa shape index (κ2) is 5.43. The van der Waals surface area contributed by atoms with E-state index in [-0.39, 0.29) is 27.1 Å². The SMILES string of the molecule is Cc1oc(CO)cc1S(=O)(=O)Nc1c(F)cccc1Cl. The first-order chi connectivity index (χ1) is 9.35. The van der Waals surface area contributed by atoms with Gasteiger partial charge in [-0.3, -0.25) is 4.72 Å². The number of aryl methyl sites for hydroxylation is 1. The van der Waals surface area contributed by atoms with Crippen molar-refractivity contribution in [1.82, 2.24) is 0 Å². The summed E-state index contributed by atoms with van der Waals surface area (Å²) in [5.41, 5.74) is -0.333. The van der Waals surface area contributed by atoms with Gasteiger partial charge < -0.3 is 9.52 Å². The Morgan fingerprint density at radius 2 is 2.15 bits per heavy atom. The van der Waals surface area contributed by atoms with Crippen LogP contribution in [0.5, 0.6) is 0 Å². The Hall–Kier alpha value is -1.57. The van der Waals surface area contributed by atoms with E-state index >= 15 is 0 Å². The average Bonchev–Trinajstić information content (AvgIpc) is 2.76. The maximum Gasteiger partial charge on any atom is 0.265 e. The van der Waals surface area contributed by atoms with Crippen LogP contribution < -0.4 is 4.72 Å². The molecule has 8 heteroatoms. The molecule has 0 saturated heterocycles. The third-order valence-corrected chi connectivity index (χ3v) is 4.34. The van der Waals surface area contributed by atoms with Gasteiger partial charge in [-0.25, -0.2) is 12.8 Å². The number of benzene rings is 1. The van der Waals surface area contributed by atoms with Crippen LogP contribution in [0.2, 0.25) is 5.02 Å². The van der Waals surface area contributed by atoms with E-state index in [2.05, 4.69) is 4.72 Å². The second-order valence-electron chi connectivity index (χ2n) is 3.99. The molecule has 1 aromatic carbocycles. The summed E-state index contributed by atoms with van der Waals surface area (Å²) in [6.45, 7) is 0.994. The lowest BCUT2D eigenvalue weighted by atomic mass is 10.3. The monoisotopic (exact) mass is 319 g/mol. The number of para-hydroxylation sites is 1. The summed E-state index contributed by atoms with van der Waals surface area (Å²) in [7, 11) is -4.06. The van der Waals surface area contributed by atoms with Crippen LogP contribution in [0.3, 0.4) is 0 Å². The third kappa shape index (κ3) is 2.79. The first-order valence-electron chi connectivity index (χ1n) is 5.52. The minimum absolute atomic E-state index is 0.0582. The van der Waals surface area contributed by atoms with Crippen LogP contribution in [0.1, 0.15) is 11.5 Å². The lowest BCUT2D eigenvalue weighted by Crippen LogP contribution is -2.14. The summed E-state index contributed by atoms with van der Waals surface area (Å²) in [5.74, 6) is -0.596. The quantitative estimate of drug-likeness (QED) is 0.908. The topological polar surface area (TPSA) is 79.5 Å². The number of anilines is 1. The maximum atomic E-state index is 13.6. The Morgan fingerprint density at radius 1 is 1.45 bits per heavy atom. The van der Waals surface area contributed by atoms with Gasteiger partial charge in [0.25, 0.3) is 10.0 Å². The Kier molecular flexibility index (Phi) is 4.03. The molecule has 0 atom stereocenters. The molecular formula is C12H11ClFNO4S. The van der Waals surface area contributed by atoms with E-state index in [4.69, 9.17) is 21.1 Å². The fourth-order valence-electron chi connectivity index (χ4n) is 1.65. The Bertz CT molecular complexity index is 722. The van der Waals surface area contributed by atoms with Gasteiger partial charge in [-0.1, -0.05) is 17.7 Å². The van der Waals surface area contributed by atoms with Gasteiger partial charge in [0.2, 0.25) is 0 Å². The van der Waals surface area contributed by atoms with Crippen molar-refractivity contribution in [2.45, 2.75) is 18.4 Å². The molecule has 2 N–H and O–H groups in total. The second-order valence-corrected chi connectivity index (χ2v) is 6.05. The molecule has 2 rings (SSSR count). The van der Waals surface area contributed by atoms with Gasteiger partial charge in [-0.15, -0.1) is 0 Å². The molecule has 20 heavy (non-hydrogen) atoms. The van der Waals surface area contributed by atoms with Crippen LogP contribution in [-0.4, -0.2) is 13.5 Å². The van der Waals surface area contributed by atoms with E-state index in [1.54, 1.807) is 0 Å². The van der Waals surface area contributed by atoms with Crippen molar-refractivity contribution in [2.24, 2.45) is 0 Å². The molecule has 0 saturated carbocycles. The highest BCUT2D eigenvalue weighted by molar-refractivity contribution is 7.92. The van der Waals surface area contributed by atoms with Gasteiger partial charge in [0.05, 0.1) is 5.02 Å². The number of hydrogen-bond acceptors (Lipinski definition) is 4. The first-order valence-corrected chi connectivity index (χ1v) is 7.38. The highest BCUT2D eigenvalue weighted by Gasteiger charge is 2.23. The molecule has 0 bridgehead atoms. The number of aliphatic hydroxyl groups excluding tert-OH is 1. The van der Waals surface area contributed by atoms with Gasteiger partial charge in [0, 0.05) is 6.07 Å². The summed E-state index contributed by atoms with van der Waals surface area (Å²) in [6.07, 6.45) is 0. The summed E-state index contributed by atoms with van der Waals surface area (Å²) < 4.78 is 45.1. The number of aliphatic hydroxyl groups is 1. The number of sulfonamides is 1. The highest BCUT2D eigenvalue weighted by atomic mass is 35.5. The predicted molar refractivity (Wildman–Crippen MR) is 71.6 cm³/mol. The van der Waals surface area contributed by atoms with Gasteiger partial charge in [-0.05, 0) is 19.1 Å². The molecule has 1 heterocycles. The average molecular weight is 320 g/mol. The molecule has 0 fully saturated rings. The Morgan fingerprint density at radius 3 is 2.70 bits per heavy atom. The van der Waals surface area contributed by atoms with E-state index in [1.807, 2.05) is 0 Å². The van der Waals surface area contributed by atoms with Crippen molar-refractivity contribution >= 4 is 27.3 Å². The van der Waals surface area contributed by atoms with Crippen LogP contribution in [0.25, 0.3) is 0 Å². The lowest BCUT2D eigenvalue weighted by molar-refractivity contribution is 0.245. The minimum atomic E-state index is -4.06. The largest absolute Gasteiger partial charge is 0.462 e. The van der Waals surface area contributed by atoms with Crippen molar-refractivity contribution < 1.29 is 22.3 Å². The fourth-order valence-corrected chi connectivity index (χ4v) is 3.21. The third-order valence-electron chi connectivity index (χ3n) is 2.57. The van der Waals surface area contributed by atoms with Gasteiger partial charge in [0.15, 0.2) is 0 Å². The summed E-state index contributed by atoms with van der Waals surface area (Å²) in [5, 5.41) is 8.87. The van der Waals surface area contributed by atoms with Crippen LogP contribution in [0.15, 0.2) is 33.6 Å². The first kappa shape index (κ1) is 14.8. The zero-order chi connectivity index (χ0) is 14.9. The lowest BCUT2D eigenvalue weighted by Gasteiger charge is -2.09. The van der Waals surface area contributed by atoms with E-state index in [9.17, 15) is 12.8 Å². The van der Waals surface area contributed by atoms with E-state index in [0.717, 1.165) is 6.07 Å². The molecular weight excluding hydrogens is 309 g/mol. The van der Waals surface area contributed by atoms with E-state index < -0.39 is 22.4 Å². The fraction of sp³-hybridized carbons (Fsp3) is 0.167. The van der Waals surface area contributed by atoms with Crippen LogP contribution >= 0.6 is 11.6 Å². The highest BCUT2D eigenvalue weighted by Crippen LogP contribution is 2.29. The minimum Gasteiger partial charge on any atom is -0.462 e. The number of rotatable bonds is 4. The maximum absolute atomic E-state index is 13.6. The molecule has 2 aromatic rings. The van der Waals surface area contributed by atoms with Gasteiger partial charge in [-0.2, -0.15) is 0 Å². The van der Waals surface area contributed by atoms with Crippen molar-refractivity contribution in [3.8, 4) is 0 Å². The molecule has 0 spiro atoms. The summed E-state index contributed by atoms with van der Waals surface area (Å²) >= 11 is 5.76. The van der Waals surface area contributed by atoms with Gasteiger partial charge >= 0.3 is 0 Å². The Labute approximate surface area is 120 Å². The zero-order valence-electron chi connectivity index (χ0n) is 10.4. The predicted octanol–water partition coefficient (Wildman–Crippen LogP) is 2.67. The van der Waals surface area contributed by atoms with Crippen LogP contribution in [0, 0.1) is 12.7 Å². The summed E-state index contributed by atoms with van der Waals surface area (Å²) in [4.78, 5) is -0.180. The molecule has 0 aliphatic rings. The molecule has 1 aromatic heterocycles. The standard InChI is InChI=1S/C12H11ClFNO4S/c1-7-11(5-8(6-16)19-7)20(17,18)15-12-9(13)3-2-4-10(12)14/h2-5,15-16H,6H2,1H3.